The fourth-order valence-corrected chi connectivity index (χ4v) is 4.92. The molecule has 0 heterocycles. The van der Waals surface area contributed by atoms with Crippen molar-refractivity contribution in [3.05, 3.63) is 59.7 Å². The lowest BCUT2D eigenvalue weighted by Crippen LogP contribution is -2.37. The molecule has 6 heteroatoms. The van der Waals surface area contributed by atoms with E-state index < -0.39 is 5.41 Å². The second-order valence-corrected chi connectivity index (χ2v) is 9.66. The molecule has 0 unspecified atom stereocenters. The van der Waals surface area contributed by atoms with E-state index in [0.717, 1.165) is 36.8 Å². The fraction of sp³-hybridized carbons (Fsp3) is 0.419. The molecule has 0 radical (unpaired) electrons. The zero-order chi connectivity index (χ0) is 26.8. The van der Waals surface area contributed by atoms with Gasteiger partial charge in [0, 0.05) is 0 Å². The summed E-state index contributed by atoms with van der Waals surface area (Å²) >= 11 is 0. The largest absolute Gasteiger partial charge is 0.493 e. The monoisotopic (exact) mass is 506 g/mol. The normalized spacial score (nSPS) is 14.6. The molecule has 0 bridgehead atoms. The molecule has 0 aromatic heterocycles. The van der Waals surface area contributed by atoms with Crippen LogP contribution in [0.2, 0.25) is 0 Å². The molecule has 0 aliphatic heterocycles. The van der Waals surface area contributed by atoms with Crippen LogP contribution in [0.3, 0.4) is 0 Å². The maximum atomic E-state index is 13.6. The van der Waals surface area contributed by atoms with Gasteiger partial charge in [-0.05, 0) is 66.8 Å². The molecule has 1 aliphatic carbocycles. The van der Waals surface area contributed by atoms with Crippen molar-refractivity contribution in [2.24, 2.45) is 11.3 Å². The molecular formula is C31H38O6. The van der Waals surface area contributed by atoms with Crippen molar-refractivity contribution in [1.29, 1.82) is 0 Å². The molecule has 1 aliphatic rings. The topological polar surface area (TPSA) is 71.1 Å². The van der Waals surface area contributed by atoms with Gasteiger partial charge in [0.25, 0.3) is 0 Å². The Hall–Kier alpha value is -3.54. The lowest BCUT2D eigenvalue weighted by Gasteiger charge is -2.31. The molecule has 0 amide bonds. The predicted molar refractivity (Wildman–Crippen MR) is 146 cm³/mol. The third-order valence-corrected chi connectivity index (χ3v) is 7.18. The van der Waals surface area contributed by atoms with Crippen molar-refractivity contribution in [3.8, 4) is 23.0 Å². The Kier molecular flexibility index (Phi) is 9.95. The van der Waals surface area contributed by atoms with E-state index in [2.05, 4.69) is 0 Å². The number of benzene rings is 2. The van der Waals surface area contributed by atoms with Gasteiger partial charge in [0.15, 0.2) is 34.6 Å². The standard InChI is InChI=1S/C31H38O6/c1-31(21-24-9-7-6-8-10-24,29(32)17-13-22-11-15-25(34-2)27(19-22)36-4)30(33)18-14-23-12-16-26(35-3)28(20-23)37-5/h11-20,24H,6-10,21H2,1-5H3/b17-13+,18-14+. The average Bonchev–Trinajstić information content (AvgIpc) is 2.94. The Labute approximate surface area is 220 Å². The highest BCUT2D eigenvalue weighted by atomic mass is 16.5. The molecule has 3 rings (SSSR count). The van der Waals surface area contributed by atoms with Crippen LogP contribution < -0.4 is 18.9 Å². The van der Waals surface area contributed by atoms with Gasteiger partial charge < -0.3 is 18.9 Å². The Morgan fingerprint density at radius 1 is 0.730 bits per heavy atom. The van der Waals surface area contributed by atoms with Crippen LogP contribution in [0.25, 0.3) is 12.2 Å². The first-order valence-corrected chi connectivity index (χ1v) is 12.7. The minimum atomic E-state index is -1.15. The summed E-state index contributed by atoms with van der Waals surface area (Å²) in [6.45, 7) is 1.78. The molecule has 0 spiro atoms. The third kappa shape index (κ3) is 7.03. The van der Waals surface area contributed by atoms with Crippen LogP contribution >= 0.6 is 0 Å². The molecule has 1 saturated carbocycles. The quantitative estimate of drug-likeness (QED) is 0.240. The maximum Gasteiger partial charge on any atom is 0.169 e. The third-order valence-electron chi connectivity index (χ3n) is 7.18. The van der Waals surface area contributed by atoms with Crippen LogP contribution in [0.5, 0.6) is 23.0 Å². The predicted octanol–water partition coefficient (Wildman–Crippen LogP) is 6.56. The molecule has 1 fully saturated rings. The van der Waals surface area contributed by atoms with Gasteiger partial charge in [-0.15, -0.1) is 0 Å². The van der Waals surface area contributed by atoms with E-state index >= 15 is 0 Å². The van der Waals surface area contributed by atoms with E-state index in [4.69, 9.17) is 18.9 Å². The molecule has 0 saturated heterocycles. The number of rotatable bonds is 12. The fourth-order valence-electron chi connectivity index (χ4n) is 4.92. The minimum Gasteiger partial charge on any atom is -0.493 e. The van der Waals surface area contributed by atoms with E-state index in [0.29, 0.717) is 35.3 Å². The summed E-state index contributed by atoms with van der Waals surface area (Å²) < 4.78 is 21.3. The lowest BCUT2D eigenvalue weighted by atomic mass is 9.70. The van der Waals surface area contributed by atoms with Crippen LogP contribution in [0, 0.1) is 11.3 Å². The summed E-state index contributed by atoms with van der Waals surface area (Å²) in [5.74, 6) is 2.35. The van der Waals surface area contributed by atoms with Crippen molar-refractivity contribution >= 4 is 23.7 Å². The second-order valence-electron chi connectivity index (χ2n) is 9.66. The van der Waals surface area contributed by atoms with Crippen LogP contribution in [-0.4, -0.2) is 40.0 Å². The first kappa shape index (κ1) is 28.0. The average molecular weight is 507 g/mol. The van der Waals surface area contributed by atoms with Crippen molar-refractivity contribution in [2.75, 3.05) is 28.4 Å². The Morgan fingerprint density at radius 2 is 1.16 bits per heavy atom. The summed E-state index contributed by atoms with van der Waals surface area (Å²) in [4.78, 5) is 27.2. The number of allylic oxidation sites excluding steroid dienone is 2. The number of ether oxygens (including phenoxy) is 4. The van der Waals surface area contributed by atoms with E-state index in [1.165, 1.54) is 18.6 Å². The summed E-state index contributed by atoms with van der Waals surface area (Å²) in [5.41, 5.74) is 0.431. The van der Waals surface area contributed by atoms with Crippen molar-refractivity contribution in [2.45, 2.75) is 45.4 Å². The number of methoxy groups -OCH3 is 4. The van der Waals surface area contributed by atoms with Crippen LogP contribution in [0.1, 0.15) is 56.6 Å². The number of hydrogen-bond donors (Lipinski definition) is 0. The molecule has 2 aromatic carbocycles. The molecule has 198 valence electrons. The number of hydrogen-bond acceptors (Lipinski definition) is 6. The Balaban J connectivity index is 1.87. The van der Waals surface area contributed by atoms with Gasteiger partial charge in [-0.25, -0.2) is 0 Å². The van der Waals surface area contributed by atoms with Gasteiger partial charge in [-0.1, -0.05) is 56.4 Å². The molecule has 37 heavy (non-hydrogen) atoms. The zero-order valence-corrected chi connectivity index (χ0v) is 22.5. The van der Waals surface area contributed by atoms with Gasteiger partial charge in [0.1, 0.15) is 0 Å². The summed E-state index contributed by atoms with van der Waals surface area (Å²) in [5, 5.41) is 0. The van der Waals surface area contributed by atoms with E-state index in [1.54, 1.807) is 71.8 Å². The highest BCUT2D eigenvalue weighted by Gasteiger charge is 2.40. The number of carbonyl (C=O) groups excluding carboxylic acids is 2. The Morgan fingerprint density at radius 3 is 1.57 bits per heavy atom. The minimum absolute atomic E-state index is 0.199. The van der Waals surface area contributed by atoms with Crippen LogP contribution in [0.15, 0.2) is 48.6 Å². The van der Waals surface area contributed by atoms with Gasteiger partial charge in [0.05, 0.1) is 33.9 Å². The Bertz CT molecular complexity index is 1060. The van der Waals surface area contributed by atoms with E-state index in [-0.39, 0.29) is 11.6 Å². The van der Waals surface area contributed by atoms with Gasteiger partial charge >= 0.3 is 0 Å². The first-order chi connectivity index (χ1) is 17.8. The summed E-state index contributed by atoms with van der Waals surface area (Å²) in [6.07, 6.45) is 12.6. The highest BCUT2D eigenvalue weighted by molar-refractivity contribution is 6.17. The van der Waals surface area contributed by atoms with E-state index in [1.807, 2.05) is 12.1 Å². The lowest BCUT2D eigenvalue weighted by molar-refractivity contribution is -0.135. The zero-order valence-electron chi connectivity index (χ0n) is 22.5. The molecule has 6 nitrogen and oxygen atoms in total. The van der Waals surface area contributed by atoms with Gasteiger partial charge in [-0.2, -0.15) is 0 Å². The molecule has 2 aromatic rings. The van der Waals surface area contributed by atoms with E-state index in [9.17, 15) is 9.59 Å². The van der Waals surface area contributed by atoms with Crippen LogP contribution in [0.4, 0.5) is 0 Å². The second kappa shape index (κ2) is 13.1. The summed E-state index contributed by atoms with van der Waals surface area (Å²) in [7, 11) is 6.30. The summed E-state index contributed by atoms with van der Waals surface area (Å²) in [6, 6.07) is 10.9. The van der Waals surface area contributed by atoms with Crippen molar-refractivity contribution in [3.63, 3.8) is 0 Å². The van der Waals surface area contributed by atoms with Gasteiger partial charge in [-0.3, -0.25) is 9.59 Å². The maximum absolute atomic E-state index is 13.6. The van der Waals surface area contributed by atoms with Crippen molar-refractivity contribution < 1.29 is 28.5 Å². The van der Waals surface area contributed by atoms with Gasteiger partial charge in [0.2, 0.25) is 0 Å². The highest BCUT2D eigenvalue weighted by Crippen LogP contribution is 2.37. The van der Waals surface area contributed by atoms with Crippen LogP contribution in [-0.2, 0) is 9.59 Å². The van der Waals surface area contributed by atoms with Crippen molar-refractivity contribution in [1.82, 2.24) is 0 Å². The molecule has 0 atom stereocenters. The first-order valence-electron chi connectivity index (χ1n) is 12.7. The number of carbonyl (C=O) groups is 2. The number of ketones is 2. The SMILES string of the molecule is COc1ccc(/C=C/C(=O)C(C)(CC2CCCCC2)C(=O)/C=C/c2ccc(OC)c(OC)c2)cc1OC. The molecule has 0 N–H and O–H groups in total. The molecular weight excluding hydrogens is 468 g/mol. The smallest absolute Gasteiger partial charge is 0.169 e.